The summed E-state index contributed by atoms with van der Waals surface area (Å²) in [4.78, 5) is 54.4. The topological polar surface area (TPSA) is 150 Å². The van der Waals surface area contributed by atoms with Gasteiger partial charge in [0.2, 0.25) is 11.8 Å². The number of nitriles is 1. The molecule has 3 N–H and O–H groups in total. The van der Waals surface area contributed by atoms with Crippen LogP contribution < -0.4 is 16.0 Å². The van der Waals surface area contributed by atoms with E-state index in [9.17, 15) is 24.4 Å². The van der Waals surface area contributed by atoms with Gasteiger partial charge in [0, 0.05) is 25.6 Å². The number of hydrogen-bond donors (Lipinski definition) is 3. The summed E-state index contributed by atoms with van der Waals surface area (Å²) < 4.78 is 11.1. The number of alkyl carbamates (subject to hydrolysis) is 2. The Balaban J connectivity index is 1.01. The van der Waals surface area contributed by atoms with Crippen LogP contribution in [0, 0.1) is 17.2 Å². The Morgan fingerprint density at radius 2 is 1.36 bits per heavy atom. The van der Waals surface area contributed by atoms with Crippen molar-refractivity contribution in [3.8, 4) is 17.2 Å². The van der Waals surface area contributed by atoms with Crippen molar-refractivity contribution >= 4 is 24.0 Å². The molecular weight excluding hydrogens is 695 g/mol. The molecule has 0 aromatic heterocycles. The second-order valence-corrected chi connectivity index (χ2v) is 15.0. The standard InChI is InChI=1S/C44H47N5O6/c1-44(2,3)55-43(53)48-38(22-21-29-11-5-4-6-12-29)41(51)49-27-32(24-45)23-39(49)40(50)46-25-30-17-19-31(20-18-30)26-47-42(52)54-28-37-35-15-9-7-13-33(35)34-14-8-10-16-36(34)37/h4-20,32,37-39H,21-23,25-28H2,1-3H3,(H,46,50)(H,47,52)(H,48,53)/t32-,38+,39-/m0/s1. The van der Waals surface area contributed by atoms with E-state index in [1.54, 1.807) is 20.8 Å². The maximum absolute atomic E-state index is 14.0. The molecule has 1 aliphatic heterocycles. The summed E-state index contributed by atoms with van der Waals surface area (Å²) in [6.45, 7) is 5.99. The highest BCUT2D eigenvalue weighted by Crippen LogP contribution is 2.44. The van der Waals surface area contributed by atoms with E-state index < -0.39 is 41.7 Å². The molecule has 0 radical (unpaired) electrons. The summed E-state index contributed by atoms with van der Waals surface area (Å²) in [5.74, 6) is -1.37. The molecule has 0 unspecified atom stereocenters. The molecule has 4 aromatic carbocycles. The van der Waals surface area contributed by atoms with Crippen molar-refractivity contribution in [1.82, 2.24) is 20.9 Å². The number of carbonyl (C=O) groups is 4. The summed E-state index contributed by atoms with van der Waals surface area (Å²) in [7, 11) is 0. The van der Waals surface area contributed by atoms with E-state index in [4.69, 9.17) is 9.47 Å². The fourth-order valence-electron chi connectivity index (χ4n) is 7.19. The van der Waals surface area contributed by atoms with Crippen LogP contribution in [0.25, 0.3) is 11.1 Å². The van der Waals surface area contributed by atoms with Crippen LogP contribution >= 0.6 is 0 Å². The number of aryl methyl sites for hydroxylation is 1. The minimum Gasteiger partial charge on any atom is -0.449 e. The number of carbonyl (C=O) groups excluding carboxylic acids is 4. The van der Waals surface area contributed by atoms with Crippen LogP contribution in [0.5, 0.6) is 0 Å². The number of amides is 4. The zero-order valence-electron chi connectivity index (χ0n) is 31.4. The third-order valence-corrected chi connectivity index (χ3v) is 9.89. The summed E-state index contributed by atoms with van der Waals surface area (Å²) in [6, 6.07) is 33.8. The molecule has 4 aromatic rings. The van der Waals surface area contributed by atoms with Gasteiger partial charge in [0.15, 0.2) is 0 Å². The number of benzene rings is 4. The average molecular weight is 742 g/mol. The van der Waals surface area contributed by atoms with Crippen LogP contribution in [0.3, 0.4) is 0 Å². The number of hydrogen-bond acceptors (Lipinski definition) is 7. The van der Waals surface area contributed by atoms with Crippen molar-refractivity contribution in [1.29, 1.82) is 5.26 Å². The first kappa shape index (κ1) is 38.6. The van der Waals surface area contributed by atoms with Crippen LogP contribution in [0.2, 0.25) is 0 Å². The number of rotatable bonds is 12. The maximum atomic E-state index is 14.0. The minimum atomic E-state index is -0.961. The summed E-state index contributed by atoms with van der Waals surface area (Å²) in [6.07, 6.45) is -0.253. The molecule has 0 saturated carbocycles. The monoisotopic (exact) mass is 741 g/mol. The van der Waals surface area contributed by atoms with Crippen molar-refractivity contribution in [2.45, 2.75) is 76.7 Å². The van der Waals surface area contributed by atoms with E-state index >= 15 is 0 Å². The van der Waals surface area contributed by atoms with Gasteiger partial charge in [-0.1, -0.05) is 103 Å². The highest BCUT2D eigenvalue weighted by molar-refractivity contribution is 5.92. The maximum Gasteiger partial charge on any atom is 0.408 e. The third kappa shape index (κ3) is 9.89. The minimum absolute atomic E-state index is 0.0252. The van der Waals surface area contributed by atoms with E-state index in [1.807, 2.05) is 78.9 Å². The molecule has 0 spiro atoms. The fraction of sp³-hybridized carbons (Fsp3) is 0.341. The van der Waals surface area contributed by atoms with Crippen molar-refractivity contribution in [3.05, 3.63) is 131 Å². The van der Waals surface area contributed by atoms with E-state index in [1.165, 1.54) is 16.0 Å². The van der Waals surface area contributed by atoms with Gasteiger partial charge >= 0.3 is 12.2 Å². The van der Waals surface area contributed by atoms with Gasteiger partial charge in [0.1, 0.15) is 24.3 Å². The molecule has 4 amide bonds. The van der Waals surface area contributed by atoms with Gasteiger partial charge in [0.25, 0.3) is 0 Å². The number of nitrogens with zero attached hydrogens (tertiary/aromatic N) is 2. The fourth-order valence-corrected chi connectivity index (χ4v) is 7.19. The SMILES string of the molecule is CC(C)(C)OC(=O)N[C@H](CCc1ccccc1)C(=O)N1C[C@H](C#N)C[C@H]1C(=O)NCc1ccc(CNC(=O)OCC2c3ccccc3-c3ccccc32)cc1. The van der Waals surface area contributed by atoms with Gasteiger partial charge in [-0.25, -0.2) is 9.59 Å². The van der Waals surface area contributed by atoms with Crippen LogP contribution in [0.4, 0.5) is 9.59 Å². The third-order valence-electron chi connectivity index (χ3n) is 9.89. The van der Waals surface area contributed by atoms with Crippen molar-refractivity contribution < 1.29 is 28.7 Å². The van der Waals surface area contributed by atoms with Crippen LogP contribution in [0.15, 0.2) is 103 Å². The zero-order chi connectivity index (χ0) is 39.0. The highest BCUT2D eigenvalue weighted by atomic mass is 16.6. The summed E-state index contributed by atoms with van der Waals surface area (Å²) in [5.41, 5.74) is 6.53. The first-order valence-corrected chi connectivity index (χ1v) is 18.7. The van der Waals surface area contributed by atoms with Gasteiger partial charge in [-0.15, -0.1) is 0 Å². The Morgan fingerprint density at radius 3 is 1.96 bits per heavy atom. The van der Waals surface area contributed by atoms with Crippen molar-refractivity contribution in [2.75, 3.05) is 13.2 Å². The van der Waals surface area contributed by atoms with E-state index in [0.717, 1.165) is 27.8 Å². The lowest BCUT2D eigenvalue weighted by Gasteiger charge is -2.29. The van der Waals surface area contributed by atoms with Gasteiger partial charge < -0.3 is 30.3 Å². The van der Waals surface area contributed by atoms with Crippen molar-refractivity contribution in [2.24, 2.45) is 5.92 Å². The van der Waals surface area contributed by atoms with Gasteiger partial charge in [-0.3, -0.25) is 9.59 Å². The second-order valence-electron chi connectivity index (χ2n) is 15.0. The zero-order valence-corrected chi connectivity index (χ0v) is 31.4. The molecule has 284 valence electrons. The highest BCUT2D eigenvalue weighted by Gasteiger charge is 2.42. The van der Waals surface area contributed by atoms with Gasteiger partial charge in [0.05, 0.1) is 12.0 Å². The van der Waals surface area contributed by atoms with E-state index in [2.05, 4.69) is 46.3 Å². The van der Waals surface area contributed by atoms with Gasteiger partial charge in [-0.2, -0.15) is 5.26 Å². The second kappa shape index (κ2) is 17.3. The Kier molecular flexibility index (Phi) is 12.2. The first-order chi connectivity index (χ1) is 26.5. The van der Waals surface area contributed by atoms with Crippen LogP contribution in [-0.4, -0.2) is 59.7 Å². The molecule has 6 rings (SSSR count). The number of ether oxygens (including phenoxy) is 2. The first-order valence-electron chi connectivity index (χ1n) is 18.7. The molecule has 1 aliphatic carbocycles. The number of nitrogens with one attached hydrogen (secondary N) is 3. The number of fused-ring (bicyclic) bond motifs is 3. The lowest BCUT2D eigenvalue weighted by atomic mass is 9.98. The molecule has 11 heteroatoms. The smallest absolute Gasteiger partial charge is 0.408 e. The van der Waals surface area contributed by atoms with Crippen LogP contribution in [0.1, 0.15) is 67.3 Å². The molecule has 55 heavy (non-hydrogen) atoms. The molecule has 2 aliphatic rings. The van der Waals surface area contributed by atoms with Crippen LogP contribution in [-0.2, 0) is 38.6 Å². The predicted octanol–water partition coefficient (Wildman–Crippen LogP) is 6.61. The quantitative estimate of drug-likeness (QED) is 0.148. The molecule has 1 heterocycles. The molecule has 0 bridgehead atoms. The Bertz CT molecular complexity index is 1990. The average Bonchev–Trinajstić information content (AvgIpc) is 3.76. The van der Waals surface area contributed by atoms with E-state index in [-0.39, 0.29) is 50.9 Å². The Hall–Kier alpha value is -6.15. The summed E-state index contributed by atoms with van der Waals surface area (Å²) in [5, 5.41) is 18.2. The number of likely N-dealkylation sites (tertiary alicyclic amines) is 1. The van der Waals surface area contributed by atoms with Gasteiger partial charge in [-0.05, 0) is 79.0 Å². The predicted molar refractivity (Wildman–Crippen MR) is 207 cm³/mol. The van der Waals surface area contributed by atoms with Crippen molar-refractivity contribution in [3.63, 3.8) is 0 Å². The molecule has 3 atom stereocenters. The molecule has 1 saturated heterocycles. The molecular formula is C44H47N5O6. The molecule has 1 fully saturated rings. The lowest BCUT2D eigenvalue weighted by Crippen LogP contribution is -2.54. The Morgan fingerprint density at radius 1 is 0.782 bits per heavy atom. The normalized spacial score (nSPS) is 16.6. The lowest BCUT2D eigenvalue weighted by molar-refractivity contribution is -0.140. The summed E-state index contributed by atoms with van der Waals surface area (Å²) >= 11 is 0. The molecule has 11 nitrogen and oxygen atoms in total. The Labute approximate surface area is 322 Å². The largest absolute Gasteiger partial charge is 0.449 e. The van der Waals surface area contributed by atoms with E-state index in [0.29, 0.717) is 6.42 Å².